The maximum Gasteiger partial charge on any atom is 0.242 e. The molecule has 1 fully saturated rings. The Balaban J connectivity index is 2.63. The number of carbonyl (C=O) groups is 1. The van der Waals surface area contributed by atoms with Crippen molar-refractivity contribution in [3.8, 4) is 0 Å². The van der Waals surface area contributed by atoms with Crippen molar-refractivity contribution >= 4 is 5.91 Å². The molecule has 0 aliphatic carbocycles. The lowest BCUT2D eigenvalue weighted by molar-refractivity contribution is -0.141. The van der Waals surface area contributed by atoms with Gasteiger partial charge in [0.05, 0.1) is 6.61 Å². The Morgan fingerprint density at radius 3 is 2.92 bits per heavy atom. The molecule has 1 amide bonds. The van der Waals surface area contributed by atoms with Crippen LogP contribution in [0.3, 0.4) is 0 Å². The average Bonchev–Trinajstić information content (AvgIpc) is 2.11. The molecule has 1 atom stereocenters. The number of hydrogen-bond acceptors (Lipinski definition) is 3. The summed E-state index contributed by atoms with van der Waals surface area (Å²) in [7, 11) is 1.85. The van der Waals surface area contributed by atoms with E-state index in [9.17, 15) is 4.79 Å². The van der Waals surface area contributed by atoms with Crippen molar-refractivity contribution in [3.05, 3.63) is 12.7 Å². The zero-order chi connectivity index (χ0) is 9.84. The first-order chi connectivity index (χ1) is 6.20. The molecule has 1 saturated heterocycles. The topological polar surface area (TPSA) is 43.8 Å². The van der Waals surface area contributed by atoms with E-state index in [-0.39, 0.29) is 18.6 Å². The Hall–Kier alpha value is -0.870. The normalized spacial score (nSPS) is 24.9. The molecular formula is C9H16N2O2. The van der Waals surface area contributed by atoms with Crippen LogP contribution in [0.2, 0.25) is 0 Å². The first-order valence-corrected chi connectivity index (χ1v) is 4.41. The van der Waals surface area contributed by atoms with Gasteiger partial charge in [-0.05, 0) is 7.05 Å². The number of hydrogen-bond donors (Lipinski definition) is 1. The molecule has 4 heteroatoms. The lowest BCUT2D eigenvalue weighted by Crippen LogP contribution is -2.56. The third kappa shape index (κ3) is 2.08. The van der Waals surface area contributed by atoms with Crippen LogP contribution in [0.25, 0.3) is 0 Å². The summed E-state index contributed by atoms with van der Waals surface area (Å²) in [6.45, 7) is 5.58. The van der Waals surface area contributed by atoms with Gasteiger partial charge in [0, 0.05) is 19.6 Å². The van der Waals surface area contributed by atoms with Gasteiger partial charge in [-0.15, -0.1) is 6.58 Å². The second-order valence-electron chi connectivity index (χ2n) is 3.25. The van der Waals surface area contributed by atoms with E-state index in [2.05, 4.69) is 6.58 Å². The predicted molar refractivity (Wildman–Crippen MR) is 50.3 cm³/mol. The van der Waals surface area contributed by atoms with Gasteiger partial charge in [0.25, 0.3) is 0 Å². The lowest BCUT2D eigenvalue weighted by Gasteiger charge is -2.37. The van der Waals surface area contributed by atoms with Crippen LogP contribution in [-0.2, 0) is 4.79 Å². The van der Waals surface area contributed by atoms with Gasteiger partial charge in [0.1, 0.15) is 6.04 Å². The largest absolute Gasteiger partial charge is 0.394 e. The molecule has 0 saturated carbocycles. The molecule has 0 aromatic rings. The number of rotatable bonds is 3. The summed E-state index contributed by atoms with van der Waals surface area (Å²) >= 11 is 0. The highest BCUT2D eigenvalue weighted by atomic mass is 16.3. The van der Waals surface area contributed by atoms with Crippen molar-refractivity contribution in [1.29, 1.82) is 0 Å². The van der Waals surface area contributed by atoms with E-state index >= 15 is 0 Å². The van der Waals surface area contributed by atoms with Crippen LogP contribution in [0, 0.1) is 0 Å². The molecular weight excluding hydrogens is 168 g/mol. The summed E-state index contributed by atoms with van der Waals surface area (Å²) in [5, 5.41) is 9.00. The summed E-state index contributed by atoms with van der Waals surface area (Å²) in [6.07, 6.45) is 1.71. The Bertz CT molecular complexity index is 206. The molecule has 0 aromatic carbocycles. The fourth-order valence-corrected chi connectivity index (χ4v) is 1.50. The van der Waals surface area contributed by atoms with E-state index in [4.69, 9.17) is 5.11 Å². The molecule has 13 heavy (non-hydrogen) atoms. The summed E-state index contributed by atoms with van der Waals surface area (Å²) in [4.78, 5) is 15.2. The van der Waals surface area contributed by atoms with Crippen LogP contribution in [0.4, 0.5) is 0 Å². The van der Waals surface area contributed by atoms with Gasteiger partial charge in [-0.1, -0.05) is 6.08 Å². The number of aliphatic hydroxyl groups is 1. The quantitative estimate of drug-likeness (QED) is 0.590. The third-order valence-corrected chi connectivity index (χ3v) is 2.37. The van der Waals surface area contributed by atoms with E-state index < -0.39 is 0 Å². The molecule has 1 aliphatic rings. The number of likely N-dealkylation sites (N-methyl/N-ethyl adjacent to an activating group) is 1. The van der Waals surface area contributed by atoms with E-state index in [1.807, 2.05) is 11.9 Å². The monoisotopic (exact) mass is 184 g/mol. The summed E-state index contributed by atoms with van der Waals surface area (Å²) in [5.41, 5.74) is 0. The fourth-order valence-electron chi connectivity index (χ4n) is 1.50. The molecule has 1 unspecified atom stereocenters. The molecule has 0 aromatic heterocycles. The van der Waals surface area contributed by atoms with Gasteiger partial charge in [-0.2, -0.15) is 0 Å². The number of nitrogens with zero attached hydrogens (tertiary/aromatic N) is 2. The maximum atomic E-state index is 11.6. The van der Waals surface area contributed by atoms with E-state index in [0.717, 1.165) is 13.1 Å². The Labute approximate surface area is 78.4 Å². The SMILES string of the molecule is C=CCN1CCN(C)C(CO)C1=O. The molecule has 4 nitrogen and oxygen atoms in total. The average molecular weight is 184 g/mol. The van der Waals surface area contributed by atoms with Crippen molar-refractivity contribution in [2.24, 2.45) is 0 Å². The van der Waals surface area contributed by atoms with Gasteiger partial charge < -0.3 is 10.0 Å². The molecule has 1 heterocycles. The highest BCUT2D eigenvalue weighted by molar-refractivity contribution is 5.82. The highest BCUT2D eigenvalue weighted by Gasteiger charge is 2.30. The minimum atomic E-state index is -0.367. The maximum absolute atomic E-state index is 11.6. The fraction of sp³-hybridized carbons (Fsp3) is 0.667. The Morgan fingerprint density at radius 2 is 2.38 bits per heavy atom. The van der Waals surface area contributed by atoms with E-state index in [1.165, 1.54) is 0 Å². The second kappa shape index (κ2) is 4.39. The van der Waals surface area contributed by atoms with Gasteiger partial charge in [0.15, 0.2) is 0 Å². The second-order valence-corrected chi connectivity index (χ2v) is 3.25. The minimum Gasteiger partial charge on any atom is -0.394 e. The van der Waals surface area contributed by atoms with Crippen molar-refractivity contribution in [1.82, 2.24) is 9.80 Å². The van der Waals surface area contributed by atoms with Crippen LogP contribution >= 0.6 is 0 Å². The first kappa shape index (κ1) is 10.2. The summed E-state index contributed by atoms with van der Waals surface area (Å²) in [6, 6.07) is -0.367. The highest BCUT2D eigenvalue weighted by Crippen LogP contribution is 2.08. The van der Waals surface area contributed by atoms with Gasteiger partial charge in [-0.25, -0.2) is 0 Å². The van der Waals surface area contributed by atoms with E-state index in [0.29, 0.717) is 6.54 Å². The third-order valence-electron chi connectivity index (χ3n) is 2.37. The van der Waals surface area contributed by atoms with E-state index in [1.54, 1.807) is 11.0 Å². The number of aliphatic hydroxyl groups excluding tert-OH is 1. The Kier molecular flexibility index (Phi) is 3.45. The number of piperazine rings is 1. The minimum absolute atomic E-state index is 0.00356. The van der Waals surface area contributed by atoms with Gasteiger partial charge >= 0.3 is 0 Å². The molecule has 1 aliphatic heterocycles. The van der Waals surface area contributed by atoms with Crippen molar-refractivity contribution in [2.75, 3.05) is 33.3 Å². The van der Waals surface area contributed by atoms with Crippen molar-refractivity contribution in [2.45, 2.75) is 6.04 Å². The molecule has 1 N–H and O–H groups in total. The smallest absolute Gasteiger partial charge is 0.242 e. The van der Waals surface area contributed by atoms with Crippen LogP contribution in [-0.4, -0.2) is 60.1 Å². The van der Waals surface area contributed by atoms with Gasteiger partial charge in [0.2, 0.25) is 5.91 Å². The zero-order valence-electron chi connectivity index (χ0n) is 7.94. The van der Waals surface area contributed by atoms with Crippen LogP contribution in [0.15, 0.2) is 12.7 Å². The van der Waals surface area contributed by atoms with Crippen LogP contribution in [0.1, 0.15) is 0 Å². The molecule has 0 bridgehead atoms. The molecule has 1 rings (SSSR count). The number of carbonyl (C=O) groups excluding carboxylic acids is 1. The molecule has 0 radical (unpaired) electrons. The van der Waals surface area contributed by atoms with Crippen molar-refractivity contribution < 1.29 is 9.90 Å². The zero-order valence-corrected chi connectivity index (χ0v) is 7.94. The number of amides is 1. The van der Waals surface area contributed by atoms with Crippen LogP contribution in [0.5, 0.6) is 0 Å². The Morgan fingerprint density at radius 1 is 1.69 bits per heavy atom. The summed E-state index contributed by atoms with van der Waals surface area (Å²) in [5.74, 6) is -0.00356. The van der Waals surface area contributed by atoms with Crippen molar-refractivity contribution in [3.63, 3.8) is 0 Å². The first-order valence-electron chi connectivity index (χ1n) is 4.41. The lowest BCUT2D eigenvalue weighted by atomic mass is 10.2. The van der Waals surface area contributed by atoms with Gasteiger partial charge in [-0.3, -0.25) is 9.69 Å². The predicted octanol–water partition coefficient (Wildman–Crippen LogP) is -0.693. The van der Waals surface area contributed by atoms with Crippen LogP contribution < -0.4 is 0 Å². The molecule has 0 spiro atoms. The summed E-state index contributed by atoms with van der Waals surface area (Å²) < 4.78 is 0. The standard InChI is InChI=1S/C9H16N2O2/c1-3-4-11-6-5-10(2)8(7-12)9(11)13/h3,8,12H,1,4-7H2,2H3. The molecule has 74 valence electrons.